The number of fused-ring (bicyclic) bond motifs is 1. The number of rotatable bonds is 5. The number of carbonyl (C=O) groups excluding carboxylic acids is 2. The molecule has 4 heteroatoms. The van der Waals surface area contributed by atoms with E-state index in [1.165, 1.54) is 31.2 Å². The van der Waals surface area contributed by atoms with Gasteiger partial charge in [-0.1, -0.05) is 45.6 Å². The fourth-order valence-corrected chi connectivity index (χ4v) is 4.05. The Balaban J connectivity index is 1.57. The third kappa shape index (κ3) is 4.62. The van der Waals surface area contributed by atoms with Crippen LogP contribution in [-0.2, 0) is 22.6 Å². The van der Waals surface area contributed by atoms with Crippen LogP contribution in [0.3, 0.4) is 0 Å². The normalized spacial score (nSPS) is 17.6. The van der Waals surface area contributed by atoms with Crippen molar-refractivity contribution in [3.05, 3.63) is 29.3 Å². The van der Waals surface area contributed by atoms with E-state index in [1.807, 2.05) is 30.9 Å². The molecule has 0 bridgehead atoms. The number of hydrogen-bond acceptors (Lipinski definition) is 2. The second kappa shape index (κ2) is 8.03. The van der Waals surface area contributed by atoms with E-state index >= 15 is 0 Å². The highest BCUT2D eigenvalue weighted by atomic mass is 16.2. The van der Waals surface area contributed by atoms with Gasteiger partial charge in [-0.3, -0.25) is 9.59 Å². The molecule has 1 aromatic carbocycles. The maximum absolute atomic E-state index is 12.2. The zero-order valence-corrected chi connectivity index (χ0v) is 15.5. The lowest BCUT2D eigenvalue weighted by molar-refractivity contribution is -0.135. The van der Waals surface area contributed by atoms with Crippen LogP contribution in [0.15, 0.2) is 18.2 Å². The first-order chi connectivity index (χ1) is 12.0. The molecule has 3 rings (SSSR count). The topological polar surface area (TPSA) is 49.4 Å². The molecule has 136 valence electrons. The molecule has 1 saturated carbocycles. The maximum Gasteiger partial charge on any atom is 0.225 e. The Hall–Kier alpha value is -1.84. The molecule has 0 radical (unpaired) electrons. The molecule has 1 fully saturated rings. The third-order valence-electron chi connectivity index (χ3n) is 5.56. The molecule has 0 spiro atoms. The number of carbonyl (C=O) groups is 2. The lowest BCUT2D eigenvalue weighted by Crippen LogP contribution is -2.38. The fourth-order valence-electron chi connectivity index (χ4n) is 4.05. The van der Waals surface area contributed by atoms with Crippen molar-refractivity contribution in [2.45, 2.75) is 65.3 Å². The zero-order chi connectivity index (χ0) is 17.8. The minimum absolute atomic E-state index is 0.0278. The minimum Gasteiger partial charge on any atom is -0.338 e. The summed E-state index contributed by atoms with van der Waals surface area (Å²) in [5.41, 5.74) is 3.31. The van der Waals surface area contributed by atoms with Crippen LogP contribution in [0, 0.1) is 11.8 Å². The number of amides is 2. The van der Waals surface area contributed by atoms with Gasteiger partial charge in [-0.25, -0.2) is 0 Å². The quantitative estimate of drug-likeness (QED) is 0.874. The first-order valence-corrected chi connectivity index (χ1v) is 9.73. The number of benzene rings is 1. The van der Waals surface area contributed by atoms with Crippen LogP contribution < -0.4 is 5.32 Å². The molecule has 2 amide bonds. The molecule has 1 aliphatic carbocycles. The van der Waals surface area contributed by atoms with E-state index in [9.17, 15) is 9.59 Å². The van der Waals surface area contributed by atoms with Gasteiger partial charge in [0.15, 0.2) is 0 Å². The van der Waals surface area contributed by atoms with Gasteiger partial charge in [0.05, 0.1) is 0 Å². The first kappa shape index (κ1) is 18.0. The predicted octanol–water partition coefficient (Wildman–Crippen LogP) is 4.14. The van der Waals surface area contributed by atoms with Gasteiger partial charge in [-0.05, 0) is 42.0 Å². The minimum atomic E-state index is 0.0278. The van der Waals surface area contributed by atoms with Crippen LogP contribution in [-0.4, -0.2) is 23.3 Å². The van der Waals surface area contributed by atoms with Crippen LogP contribution in [0.25, 0.3) is 0 Å². The fraction of sp³-hybridized carbons (Fsp3) is 0.619. The van der Waals surface area contributed by atoms with Crippen LogP contribution in [0.2, 0.25) is 0 Å². The standard InChI is InChI=1S/C21H30N2O2/c1-15(2)21(25)23-12-11-17-8-9-19(13-18(17)14-23)22-20(24)10-7-16-5-3-4-6-16/h8-9,13,15-16H,3-7,10-12,14H2,1-2H3,(H,22,24). The Morgan fingerprint density at radius 3 is 2.68 bits per heavy atom. The molecule has 0 unspecified atom stereocenters. The molecule has 0 saturated heterocycles. The molecule has 1 heterocycles. The van der Waals surface area contributed by atoms with Crippen molar-refractivity contribution >= 4 is 17.5 Å². The van der Waals surface area contributed by atoms with Crippen molar-refractivity contribution in [1.29, 1.82) is 0 Å². The molecule has 1 aliphatic heterocycles. The summed E-state index contributed by atoms with van der Waals surface area (Å²) in [7, 11) is 0. The predicted molar refractivity (Wildman–Crippen MR) is 100 cm³/mol. The molecule has 2 aliphatic rings. The Labute approximate surface area is 151 Å². The number of nitrogens with zero attached hydrogens (tertiary/aromatic N) is 1. The monoisotopic (exact) mass is 342 g/mol. The van der Waals surface area contributed by atoms with Gasteiger partial charge >= 0.3 is 0 Å². The van der Waals surface area contributed by atoms with Crippen molar-refractivity contribution in [2.75, 3.05) is 11.9 Å². The van der Waals surface area contributed by atoms with Gasteiger partial charge in [-0.15, -0.1) is 0 Å². The zero-order valence-electron chi connectivity index (χ0n) is 15.5. The van der Waals surface area contributed by atoms with Crippen molar-refractivity contribution in [3.63, 3.8) is 0 Å². The van der Waals surface area contributed by atoms with E-state index in [2.05, 4.69) is 11.4 Å². The summed E-state index contributed by atoms with van der Waals surface area (Å²) in [6.45, 7) is 5.33. The van der Waals surface area contributed by atoms with Crippen molar-refractivity contribution in [2.24, 2.45) is 11.8 Å². The second-order valence-corrected chi connectivity index (χ2v) is 7.89. The van der Waals surface area contributed by atoms with Gasteiger partial charge in [0.2, 0.25) is 11.8 Å². The molecular weight excluding hydrogens is 312 g/mol. The van der Waals surface area contributed by atoms with Crippen LogP contribution in [0.1, 0.15) is 63.5 Å². The van der Waals surface area contributed by atoms with Gasteiger partial charge in [0.1, 0.15) is 0 Å². The van der Waals surface area contributed by atoms with E-state index in [1.54, 1.807) is 0 Å². The van der Waals surface area contributed by atoms with Crippen molar-refractivity contribution < 1.29 is 9.59 Å². The second-order valence-electron chi connectivity index (χ2n) is 7.89. The van der Waals surface area contributed by atoms with Crippen LogP contribution in [0.5, 0.6) is 0 Å². The summed E-state index contributed by atoms with van der Waals surface area (Å²) in [5, 5.41) is 3.04. The van der Waals surface area contributed by atoms with E-state index in [0.717, 1.165) is 36.6 Å². The summed E-state index contributed by atoms with van der Waals surface area (Å²) in [5.74, 6) is 1.08. The SMILES string of the molecule is CC(C)C(=O)N1CCc2ccc(NC(=O)CCC3CCCC3)cc2C1. The largest absolute Gasteiger partial charge is 0.338 e. The van der Waals surface area contributed by atoms with E-state index in [4.69, 9.17) is 0 Å². The lowest BCUT2D eigenvalue weighted by Gasteiger charge is -2.30. The van der Waals surface area contributed by atoms with Crippen molar-refractivity contribution in [3.8, 4) is 0 Å². The highest BCUT2D eigenvalue weighted by Crippen LogP contribution is 2.29. The Morgan fingerprint density at radius 2 is 1.96 bits per heavy atom. The summed E-state index contributed by atoms with van der Waals surface area (Å²) in [6.07, 6.45) is 7.72. The van der Waals surface area contributed by atoms with Crippen LogP contribution in [0.4, 0.5) is 5.69 Å². The Kier molecular flexibility index (Phi) is 5.77. The van der Waals surface area contributed by atoms with E-state index in [-0.39, 0.29) is 17.7 Å². The number of nitrogens with one attached hydrogen (secondary N) is 1. The molecule has 0 aromatic heterocycles. The average Bonchev–Trinajstić information content (AvgIpc) is 3.12. The summed E-state index contributed by atoms with van der Waals surface area (Å²) >= 11 is 0. The van der Waals surface area contributed by atoms with Crippen molar-refractivity contribution in [1.82, 2.24) is 4.90 Å². The van der Waals surface area contributed by atoms with Crippen LogP contribution >= 0.6 is 0 Å². The van der Waals surface area contributed by atoms with Gasteiger partial charge in [0, 0.05) is 31.1 Å². The van der Waals surface area contributed by atoms with E-state index < -0.39 is 0 Å². The molecule has 25 heavy (non-hydrogen) atoms. The highest BCUT2D eigenvalue weighted by Gasteiger charge is 2.23. The number of hydrogen-bond donors (Lipinski definition) is 1. The smallest absolute Gasteiger partial charge is 0.225 e. The van der Waals surface area contributed by atoms with Gasteiger partial charge in [0.25, 0.3) is 0 Å². The molecule has 0 atom stereocenters. The molecule has 4 nitrogen and oxygen atoms in total. The van der Waals surface area contributed by atoms with Gasteiger partial charge < -0.3 is 10.2 Å². The third-order valence-corrected chi connectivity index (χ3v) is 5.56. The molecule has 1 N–H and O–H groups in total. The lowest BCUT2D eigenvalue weighted by atomic mass is 9.98. The first-order valence-electron chi connectivity index (χ1n) is 9.73. The summed E-state index contributed by atoms with van der Waals surface area (Å²) in [4.78, 5) is 26.4. The maximum atomic E-state index is 12.2. The number of anilines is 1. The summed E-state index contributed by atoms with van der Waals surface area (Å²) in [6, 6.07) is 6.13. The molecular formula is C21H30N2O2. The summed E-state index contributed by atoms with van der Waals surface area (Å²) < 4.78 is 0. The highest BCUT2D eigenvalue weighted by molar-refractivity contribution is 5.90. The Morgan fingerprint density at radius 1 is 1.20 bits per heavy atom. The van der Waals surface area contributed by atoms with E-state index in [0.29, 0.717) is 13.0 Å². The molecule has 1 aromatic rings. The Bertz CT molecular complexity index is 633. The van der Waals surface area contributed by atoms with Gasteiger partial charge in [-0.2, -0.15) is 0 Å². The average molecular weight is 342 g/mol.